The van der Waals surface area contributed by atoms with Gasteiger partial charge in [-0.15, -0.1) is 5.10 Å². The first kappa shape index (κ1) is 18.6. The zero-order valence-electron chi connectivity index (χ0n) is 15.6. The summed E-state index contributed by atoms with van der Waals surface area (Å²) in [7, 11) is 0. The van der Waals surface area contributed by atoms with Crippen molar-refractivity contribution in [1.29, 1.82) is 0 Å². The van der Waals surface area contributed by atoms with E-state index in [1.54, 1.807) is 0 Å². The van der Waals surface area contributed by atoms with E-state index in [9.17, 15) is 0 Å². The summed E-state index contributed by atoms with van der Waals surface area (Å²) in [4.78, 5) is 0. The summed E-state index contributed by atoms with van der Waals surface area (Å²) in [6.07, 6.45) is 9.08. The van der Waals surface area contributed by atoms with Gasteiger partial charge in [-0.05, 0) is 37.1 Å². The Morgan fingerprint density at radius 1 is 0.731 bits per heavy atom. The minimum absolute atomic E-state index is 0.976. The van der Waals surface area contributed by atoms with Gasteiger partial charge in [0.1, 0.15) is 5.52 Å². The molecule has 1 heterocycles. The van der Waals surface area contributed by atoms with Crippen molar-refractivity contribution in [3.05, 3.63) is 60.2 Å². The summed E-state index contributed by atoms with van der Waals surface area (Å²) in [6.45, 7) is 3.08. The van der Waals surface area contributed by atoms with Crippen LogP contribution < -0.4 is 5.32 Å². The molecule has 0 bridgehead atoms. The Kier molecular flexibility index (Phi) is 7.66. The zero-order chi connectivity index (χ0) is 17.9. The van der Waals surface area contributed by atoms with E-state index >= 15 is 0 Å². The molecule has 0 atom stereocenters. The van der Waals surface area contributed by atoms with Gasteiger partial charge in [0.15, 0.2) is 0 Å². The minimum atomic E-state index is 0.976. The van der Waals surface area contributed by atoms with Gasteiger partial charge in [-0.25, -0.2) is 4.68 Å². The van der Waals surface area contributed by atoms with Gasteiger partial charge >= 0.3 is 0 Å². The molecule has 4 heteroatoms. The van der Waals surface area contributed by atoms with E-state index in [4.69, 9.17) is 0 Å². The van der Waals surface area contributed by atoms with E-state index in [2.05, 4.69) is 58.1 Å². The molecule has 3 aromatic rings. The minimum Gasteiger partial charge on any atom is -0.313 e. The lowest BCUT2D eigenvalue weighted by molar-refractivity contribution is 0.515. The summed E-state index contributed by atoms with van der Waals surface area (Å²) in [5.74, 6) is 0. The summed E-state index contributed by atoms with van der Waals surface area (Å²) in [6, 6.07) is 18.8. The smallest absolute Gasteiger partial charge is 0.113 e. The Balaban J connectivity index is 1.16. The van der Waals surface area contributed by atoms with E-state index in [-0.39, 0.29) is 0 Å². The molecule has 138 valence electrons. The molecule has 4 nitrogen and oxygen atoms in total. The molecule has 0 aliphatic heterocycles. The van der Waals surface area contributed by atoms with Gasteiger partial charge in [0, 0.05) is 13.1 Å². The fourth-order valence-electron chi connectivity index (χ4n) is 3.31. The molecule has 2 aromatic carbocycles. The number of aromatic nitrogens is 3. The first-order valence-corrected chi connectivity index (χ1v) is 9.96. The molecule has 26 heavy (non-hydrogen) atoms. The van der Waals surface area contributed by atoms with Gasteiger partial charge in [0.2, 0.25) is 0 Å². The predicted molar refractivity (Wildman–Crippen MR) is 108 cm³/mol. The van der Waals surface area contributed by atoms with Crippen LogP contribution in [0.2, 0.25) is 0 Å². The lowest BCUT2D eigenvalue weighted by Crippen LogP contribution is -2.14. The summed E-state index contributed by atoms with van der Waals surface area (Å²) in [5.41, 5.74) is 3.51. The van der Waals surface area contributed by atoms with Crippen LogP contribution in [0, 0.1) is 0 Å². The van der Waals surface area contributed by atoms with Crippen LogP contribution in [0.15, 0.2) is 54.6 Å². The van der Waals surface area contributed by atoms with Crippen LogP contribution in [0.5, 0.6) is 0 Å². The lowest BCUT2D eigenvalue weighted by Gasteiger charge is -2.05. The van der Waals surface area contributed by atoms with Crippen molar-refractivity contribution in [1.82, 2.24) is 20.3 Å². The van der Waals surface area contributed by atoms with Gasteiger partial charge in [0.25, 0.3) is 0 Å². The van der Waals surface area contributed by atoms with Crippen LogP contribution in [-0.4, -0.2) is 21.5 Å². The van der Waals surface area contributed by atoms with Gasteiger partial charge < -0.3 is 5.32 Å². The molecule has 1 aromatic heterocycles. The van der Waals surface area contributed by atoms with Crippen molar-refractivity contribution in [2.45, 2.75) is 58.0 Å². The highest BCUT2D eigenvalue weighted by molar-refractivity contribution is 5.73. The molecule has 0 saturated heterocycles. The van der Waals surface area contributed by atoms with Gasteiger partial charge in [-0.2, -0.15) is 0 Å². The maximum atomic E-state index is 4.25. The molecule has 0 radical (unpaired) electrons. The highest BCUT2D eigenvalue weighted by Gasteiger charge is 2.02. The Bertz CT molecular complexity index is 751. The SMILES string of the molecule is c1ccc(CNCCCCCCCCCn2nnc3ccccc32)cc1. The van der Waals surface area contributed by atoms with E-state index in [1.165, 1.54) is 50.5 Å². The number of benzene rings is 2. The summed E-state index contributed by atoms with van der Waals surface area (Å²) in [5, 5.41) is 12.0. The van der Waals surface area contributed by atoms with E-state index in [0.29, 0.717) is 0 Å². The number of aryl methyl sites for hydroxylation is 1. The van der Waals surface area contributed by atoms with Crippen molar-refractivity contribution in [2.75, 3.05) is 6.54 Å². The molecule has 0 fully saturated rings. The number of hydrogen-bond donors (Lipinski definition) is 1. The van der Waals surface area contributed by atoms with Crippen molar-refractivity contribution in [3.8, 4) is 0 Å². The number of rotatable bonds is 12. The number of nitrogens with one attached hydrogen (secondary N) is 1. The molecule has 0 unspecified atom stereocenters. The van der Waals surface area contributed by atoms with Gasteiger partial charge in [-0.3, -0.25) is 0 Å². The van der Waals surface area contributed by atoms with Gasteiger partial charge in [0.05, 0.1) is 5.52 Å². The maximum absolute atomic E-state index is 4.25. The molecule has 0 saturated carbocycles. The number of hydrogen-bond acceptors (Lipinski definition) is 3. The fraction of sp³-hybridized carbons (Fsp3) is 0.455. The Hall–Kier alpha value is -2.20. The van der Waals surface area contributed by atoms with Crippen molar-refractivity contribution in [3.63, 3.8) is 0 Å². The highest BCUT2D eigenvalue weighted by atomic mass is 15.4. The number of unbranched alkanes of at least 4 members (excludes halogenated alkanes) is 6. The monoisotopic (exact) mass is 350 g/mol. The molecule has 0 amide bonds. The van der Waals surface area contributed by atoms with Crippen LogP contribution in [0.3, 0.4) is 0 Å². The molecule has 1 N–H and O–H groups in total. The second-order valence-electron chi connectivity index (χ2n) is 6.94. The van der Waals surface area contributed by atoms with Crippen LogP contribution in [-0.2, 0) is 13.1 Å². The predicted octanol–water partition coefficient (Wildman–Crippen LogP) is 4.95. The largest absolute Gasteiger partial charge is 0.313 e. The molecular formula is C22H30N4. The standard InChI is InChI=1S/C22H30N4/c1(2-4-11-17-23-19-20-13-7-6-8-14-20)3-5-12-18-26-22-16-10-9-15-21(22)24-25-26/h6-10,13-16,23H,1-5,11-12,17-19H2. The first-order valence-electron chi connectivity index (χ1n) is 9.96. The van der Waals surface area contributed by atoms with Gasteiger partial charge in [-0.1, -0.05) is 79.8 Å². The second kappa shape index (κ2) is 10.7. The molecule has 0 aliphatic carbocycles. The molecule has 3 rings (SSSR count). The maximum Gasteiger partial charge on any atom is 0.113 e. The third-order valence-corrected chi connectivity index (χ3v) is 4.82. The highest BCUT2D eigenvalue weighted by Crippen LogP contribution is 2.12. The summed E-state index contributed by atoms with van der Waals surface area (Å²) >= 11 is 0. The van der Waals surface area contributed by atoms with Crippen LogP contribution in [0.1, 0.15) is 50.5 Å². The average molecular weight is 351 g/mol. The number of nitrogens with zero attached hydrogens (tertiary/aromatic N) is 3. The quantitative estimate of drug-likeness (QED) is 0.470. The second-order valence-corrected chi connectivity index (χ2v) is 6.94. The molecule has 0 spiro atoms. The van der Waals surface area contributed by atoms with Crippen molar-refractivity contribution < 1.29 is 0 Å². The van der Waals surface area contributed by atoms with Crippen LogP contribution >= 0.6 is 0 Å². The van der Waals surface area contributed by atoms with Crippen molar-refractivity contribution in [2.24, 2.45) is 0 Å². The third kappa shape index (κ3) is 5.95. The topological polar surface area (TPSA) is 42.7 Å². The van der Waals surface area contributed by atoms with E-state index < -0.39 is 0 Å². The Morgan fingerprint density at radius 2 is 1.42 bits per heavy atom. The first-order chi connectivity index (χ1) is 12.9. The number of para-hydroxylation sites is 1. The molecule has 0 aliphatic rings. The zero-order valence-corrected chi connectivity index (χ0v) is 15.6. The van der Waals surface area contributed by atoms with Crippen molar-refractivity contribution >= 4 is 11.0 Å². The Labute approximate surface area is 156 Å². The normalized spacial score (nSPS) is 11.2. The Morgan fingerprint density at radius 3 is 2.27 bits per heavy atom. The molecular weight excluding hydrogens is 320 g/mol. The lowest BCUT2D eigenvalue weighted by atomic mass is 10.1. The van der Waals surface area contributed by atoms with E-state index in [1.807, 2.05) is 16.8 Å². The van der Waals surface area contributed by atoms with Crippen LogP contribution in [0.25, 0.3) is 11.0 Å². The number of fused-ring (bicyclic) bond motifs is 1. The summed E-state index contributed by atoms with van der Waals surface area (Å²) < 4.78 is 2.04. The fourth-order valence-corrected chi connectivity index (χ4v) is 3.31. The third-order valence-electron chi connectivity index (χ3n) is 4.82. The van der Waals surface area contributed by atoms with Crippen LogP contribution in [0.4, 0.5) is 0 Å². The average Bonchev–Trinajstić information content (AvgIpc) is 3.10. The van der Waals surface area contributed by atoms with E-state index in [0.717, 1.165) is 30.7 Å².